The Balaban J connectivity index is 2.22. The van der Waals surface area contributed by atoms with Crippen LogP contribution in [0.2, 0.25) is 5.02 Å². The van der Waals surface area contributed by atoms with Gasteiger partial charge in [-0.05, 0) is 30.2 Å². The molecule has 17 heavy (non-hydrogen) atoms. The standard InChI is InChI=1S/C13H10Cl2FN/c14-11-4-1-5-13(16)10(11)7-12(15)9-3-2-6-17-8-9/h1-6,8,12H,7H2. The maximum atomic E-state index is 13.6. The van der Waals surface area contributed by atoms with Crippen LogP contribution in [0.4, 0.5) is 4.39 Å². The molecular weight excluding hydrogens is 260 g/mol. The van der Waals surface area contributed by atoms with Gasteiger partial charge in [0.05, 0.1) is 5.38 Å². The molecule has 1 aromatic carbocycles. The Labute approximate surface area is 109 Å². The van der Waals surface area contributed by atoms with Gasteiger partial charge in [0.1, 0.15) is 5.82 Å². The second-order valence-corrected chi connectivity index (χ2v) is 4.59. The minimum absolute atomic E-state index is 0.327. The highest BCUT2D eigenvalue weighted by Crippen LogP contribution is 2.29. The topological polar surface area (TPSA) is 12.9 Å². The van der Waals surface area contributed by atoms with E-state index in [0.29, 0.717) is 17.0 Å². The third-order valence-corrected chi connectivity index (χ3v) is 3.25. The molecule has 0 bridgehead atoms. The monoisotopic (exact) mass is 269 g/mol. The molecule has 88 valence electrons. The summed E-state index contributed by atoms with van der Waals surface area (Å²) < 4.78 is 13.6. The average Bonchev–Trinajstić information content (AvgIpc) is 2.35. The van der Waals surface area contributed by atoms with Crippen molar-refractivity contribution in [1.82, 2.24) is 4.98 Å². The smallest absolute Gasteiger partial charge is 0.127 e. The number of alkyl halides is 1. The fourth-order valence-corrected chi connectivity index (χ4v) is 2.11. The van der Waals surface area contributed by atoms with Crippen LogP contribution >= 0.6 is 23.2 Å². The Morgan fingerprint density at radius 1 is 1.24 bits per heavy atom. The van der Waals surface area contributed by atoms with Gasteiger partial charge in [-0.2, -0.15) is 0 Å². The first-order chi connectivity index (χ1) is 8.18. The summed E-state index contributed by atoms with van der Waals surface area (Å²) in [6.45, 7) is 0. The molecule has 4 heteroatoms. The summed E-state index contributed by atoms with van der Waals surface area (Å²) in [6, 6.07) is 8.28. The highest BCUT2D eigenvalue weighted by atomic mass is 35.5. The zero-order valence-electron chi connectivity index (χ0n) is 8.91. The third-order valence-electron chi connectivity index (χ3n) is 2.49. The van der Waals surface area contributed by atoms with Gasteiger partial charge in [-0.15, -0.1) is 11.6 Å². The van der Waals surface area contributed by atoms with E-state index >= 15 is 0 Å². The zero-order valence-corrected chi connectivity index (χ0v) is 10.4. The van der Waals surface area contributed by atoms with Gasteiger partial charge < -0.3 is 0 Å². The lowest BCUT2D eigenvalue weighted by atomic mass is 10.0. The van der Waals surface area contributed by atoms with Gasteiger partial charge >= 0.3 is 0 Å². The first-order valence-corrected chi connectivity index (χ1v) is 5.97. The molecule has 0 aliphatic carbocycles. The average molecular weight is 270 g/mol. The molecule has 0 amide bonds. The van der Waals surface area contributed by atoms with Crippen molar-refractivity contribution in [3.8, 4) is 0 Å². The molecule has 0 radical (unpaired) electrons. The van der Waals surface area contributed by atoms with E-state index in [1.54, 1.807) is 30.6 Å². The predicted octanol–water partition coefficient (Wildman–Crippen LogP) is 4.40. The van der Waals surface area contributed by atoms with E-state index in [1.807, 2.05) is 6.07 Å². The summed E-state index contributed by atoms with van der Waals surface area (Å²) in [6.07, 6.45) is 3.69. The molecule has 0 spiro atoms. The van der Waals surface area contributed by atoms with Crippen LogP contribution in [0.1, 0.15) is 16.5 Å². The Kier molecular flexibility index (Phi) is 3.97. The molecule has 2 rings (SSSR count). The van der Waals surface area contributed by atoms with Gasteiger partial charge in [-0.3, -0.25) is 4.98 Å². The molecule has 1 nitrogen and oxygen atoms in total. The molecule has 2 aromatic rings. The fraction of sp³-hybridized carbons (Fsp3) is 0.154. The van der Waals surface area contributed by atoms with Crippen LogP contribution < -0.4 is 0 Å². The highest BCUT2D eigenvalue weighted by Gasteiger charge is 2.14. The molecule has 1 atom stereocenters. The quantitative estimate of drug-likeness (QED) is 0.753. The number of hydrogen-bond acceptors (Lipinski definition) is 1. The molecule has 0 fully saturated rings. The summed E-state index contributed by atoms with van der Waals surface area (Å²) in [5.74, 6) is -0.327. The first kappa shape index (κ1) is 12.3. The van der Waals surface area contributed by atoms with E-state index in [-0.39, 0.29) is 11.2 Å². The molecule has 1 aromatic heterocycles. The third kappa shape index (κ3) is 2.96. The van der Waals surface area contributed by atoms with Crippen molar-refractivity contribution in [3.63, 3.8) is 0 Å². The first-order valence-electron chi connectivity index (χ1n) is 5.15. The van der Waals surface area contributed by atoms with Gasteiger partial charge in [0, 0.05) is 23.0 Å². The Hall–Kier alpha value is -1.12. The molecule has 0 N–H and O–H groups in total. The van der Waals surface area contributed by atoms with Crippen molar-refractivity contribution in [2.24, 2.45) is 0 Å². The van der Waals surface area contributed by atoms with Crippen LogP contribution in [0.25, 0.3) is 0 Å². The predicted molar refractivity (Wildman–Crippen MR) is 67.9 cm³/mol. The van der Waals surface area contributed by atoms with E-state index in [1.165, 1.54) is 6.07 Å². The molecule has 0 aliphatic heterocycles. The normalized spacial score (nSPS) is 12.4. The lowest BCUT2D eigenvalue weighted by Crippen LogP contribution is -1.99. The number of hydrogen-bond donors (Lipinski definition) is 0. The maximum Gasteiger partial charge on any atom is 0.127 e. The molecular formula is C13H10Cl2FN. The van der Waals surface area contributed by atoms with Crippen molar-refractivity contribution in [2.75, 3.05) is 0 Å². The van der Waals surface area contributed by atoms with Gasteiger partial charge in [0.25, 0.3) is 0 Å². The molecule has 0 aliphatic rings. The lowest BCUT2D eigenvalue weighted by molar-refractivity contribution is 0.607. The van der Waals surface area contributed by atoms with Crippen LogP contribution in [0.15, 0.2) is 42.7 Å². The van der Waals surface area contributed by atoms with Crippen LogP contribution in [-0.2, 0) is 6.42 Å². The van der Waals surface area contributed by atoms with Crippen molar-refractivity contribution in [2.45, 2.75) is 11.8 Å². The molecule has 0 saturated heterocycles. The van der Waals surface area contributed by atoms with Gasteiger partial charge in [-0.1, -0.05) is 23.7 Å². The second-order valence-electron chi connectivity index (χ2n) is 3.66. The summed E-state index contributed by atoms with van der Waals surface area (Å²) >= 11 is 12.2. The molecule has 1 heterocycles. The second kappa shape index (κ2) is 5.48. The maximum absolute atomic E-state index is 13.6. The number of rotatable bonds is 3. The fourth-order valence-electron chi connectivity index (χ4n) is 1.59. The van der Waals surface area contributed by atoms with Gasteiger partial charge in [0.15, 0.2) is 0 Å². The van der Waals surface area contributed by atoms with Crippen LogP contribution in [0.3, 0.4) is 0 Å². The van der Waals surface area contributed by atoms with E-state index in [0.717, 1.165) is 5.56 Å². The van der Waals surface area contributed by atoms with Crippen LogP contribution in [0, 0.1) is 5.82 Å². The summed E-state index contributed by atoms with van der Waals surface area (Å²) in [7, 11) is 0. The van der Waals surface area contributed by atoms with Crippen molar-refractivity contribution >= 4 is 23.2 Å². The summed E-state index contributed by atoms with van der Waals surface area (Å²) in [5, 5.41) is 0.0673. The number of halogens is 3. The van der Waals surface area contributed by atoms with Crippen molar-refractivity contribution in [1.29, 1.82) is 0 Å². The number of pyridine rings is 1. The number of aromatic nitrogens is 1. The van der Waals surface area contributed by atoms with E-state index in [2.05, 4.69) is 4.98 Å². The summed E-state index contributed by atoms with van der Waals surface area (Å²) in [5.41, 5.74) is 1.30. The van der Waals surface area contributed by atoms with Gasteiger partial charge in [-0.25, -0.2) is 4.39 Å². The zero-order chi connectivity index (χ0) is 12.3. The Morgan fingerprint density at radius 3 is 2.71 bits per heavy atom. The highest BCUT2D eigenvalue weighted by molar-refractivity contribution is 6.31. The number of benzene rings is 1. The Morgan fingerprint density at radius 2 is 2.06 bits per heavy atom. The van der Waals surface area contributed by atoms with Crippen molar-refractivity contribution in [3.05, 3.63) is 64.7 Å². The number of nitrogens with zero attached hydrogens (tertiary/aromatic N) is 1. The Bertz CT molecular complexity index is 482. The van der Waals surface area contributed by atoms with Gasteiger partial charge in [0.2, 0.25) is 0 Å². The molecule has 0 saturated carbocycles. The van der Waals surface area contributed by atoms with Crippen LogP contribution in [-0.4, -0.2) is 4.98 Å². The minimum Gasteiger partial charge on any atom is -0.264 e. The summed E-state index contributed by atoms with van der Waals surface area (Å²) in [4.78, 5) is 3.98. The van der Waals surface area contributed by atoms with Crippen molar-refractivity contribution < 1.29 is 4.39 Å². The SMILES string of the molecule is Fc1cccc(Cl)c1CC(Cl)c1cccnc1. The largest absolute Gasteiger partial charge is 0.264 e. The molecule has 1 unspecified atom stereocenters. The lowest BCUT2D eigenvalue weighted by Gasteiger charge is -2.11. The van der Waals surface area contributed by atoms with E-state index in [9.17, 15) is 4.39 Å². The minimum atomic E-state index is -0.335. The van der Waals surface area contributed by atoms with E-state index in [4.69, 9.17) is 23.2 Å². The van der Waals surface area contributed by atoms with Crippen LogP contribution in [0.5, 0.6) is 0 Å². The van der Waals surface area contributed by atoms with E-state index < -0.39 is 0 Å².